The van der Waals surface area contributed by atoms with Crippen molar-refractivity contribution >= 4 is 0 Å². The van der Waals surface area contributed by atoms with Crippen molar-refractivity contribution in [2.75, 3.05) is 6.54 Å². The van der Waals surface area contributed by atoms with Gasteiger partial charge < -0.3 is 5.32 Å². The summed E-state index contributed by atoms with van der Waals surface area (Å²) in [4.78, 5) is 0. The van der Waals surface area contributed by atoms with Gasteiger partial charge in [0.1, 0.15) is 0 Å². The van der Waals surface area contributed by atoms with Crippen LogP contribution in [0.2, 0.25) is 0 Å². The van der Waals surface area contributed by atoms with E-state index in [1.54, 1.807) is 0 Å². The summed E-state index contributed by atoms with van der Waals surface area (Å²) in [5.74, 6) is 0. The Balaban J connectivity index is 3.02. The predicted molar refractivity (Wildman–Crippen MR) is 51.6 cm³/mol. The zero-order chi connectivity index (χ0) is 8.53. The van der Waals surface area contributed by atoms with E-state index in [9.17, 15) is 0 Å². The van der Waals surface area contributed by atoms with E-state index < -0.39 is 0 Å². The van der Waals surface area contributed by atoms with Crippen LogP contribution in [-0.2, 0) is 0 Å². The molecule has 0 aromatic heterocycles. The molecule has 0 aromatic rings. The summed E-state index contributed by atoms with van der Waals surface area (Å²) in [7, 11) is 0. The Kier molecular flexibility index (Phi) is 7.33. The summed E-state index contributed by atoms with van der Waals surface area (Å²) < 4.78 is 0. The fraction of sp³-hybridized carbons (Fsp3) is 0.800. The summed E-state index contributed by atoms with van der Waals surface area (Å²) in [5.41, 5.74) is 1.29. The van der Waals surface area contributed by atoms with Gasteiger partial charge in [0.15, 0.2) is 0 Å². The minimum Gasteiger partial charge on any atom is -0.389 e. The van der Waals surface area contributed by atoms with Gasteiger partial charge in [0.2, 0.25) is 0 Å². The van der Waals surface area contributed by atoms with Crippen molar-refractivity contribution < 1.29 is 0 Å². The number of nitrogens with one attached hydrogen (secondary N) is 1. The van der Waals surface area contributed by atoms with Crippen LogP contribution in [0.1, 0.15) is 46.5 Å². The van der Waals surface area contributed by atoms with Crippen LogP contribution in [0.3, 0.4) is 0 Å². The Morgan fingerprint density at radius 1 is 1.27 bits per heavy atom. The maximum Gasteiger partial charge on any atom is 0.0143 e. The summed E-state index contributed by atoms with van der Waals surface area (Å²) >= 11 is 0. The first-order chi connectivity index (χ1) is 5.31. The van der Waals surface area contributed by atoms with Gasteiger partial charge >= 0.3 is 0 Å². The first-order valence-electron chi connectivity index (χ1n) is 4.68. The van der Waals surface area contributed by atoms with Crippen molar-refractivity contribution in [3.05, 3.63) is 11.8 Å². The lowest BCUT2D eigenvalue weighted by molar-refractivity contribution is 0.635. The molecule has 0 radical (unpaired) electrons. The lowest BCUT2D eigenvalue weighted by Crippen LogP contribution is -2.11. The second kappa shape index (κ2) is 7.64. The van der Waals surface area contributed by atoms with Gasteiger partial charge in [-0.25, -0.2) is 0 Å². The van der Waals surface area contributed by atoms with Crippen molar-refractivity contribution in [1.82, 2.24) is 5.32 Å². The molecule has 0 unspecified atom stereocenters. The monoisotopic (exact) mass is 155 g/mol. The molecule has 0 aliphatic heterocycles. The molecular formula is C10H21N. The van der Waals surface area contributed by atoms with Crippen LogP contribution < -0.4 is 5.32 Å². The summed E-state index contributed by atoms with van der Waals surface area (Å²) in [6.45, 7) is 7.55. The first kappa shape index (κ1) is 10.5. The van der Waals surface area contributed by atoms with Gasteiger partial charge in [0.05, 0.1) is 0 Å². The van der Waals surface area contributed by atoms with E-state index in [0.717, 1.165) is 6.54 Å². The van der Waals surface area contributed by atoms with Crippen molar-refractivity contribution in [3.8, 4) is 0 Å². The Labute approximate surface area is 70.9 Å². The maximum absolute atomic E-state index is 3.35. The van der Waals surface area contributed by atoms with Crippen molar-refractivity contribution in [1.29, 1.82) is 0 Å². The highest BCUT2D eigenvalue weighted by Gasteiger charge is 1.87. The Morgan fingerprint density at radius 2 is 2.00 bits per heavy atom. The molecule has 66 valence electrons. The second-order valence-corrected chi connectivity index (χ2v) is 2.96. The van der Waals surface area contributed by atoms with Crippen molar-refractivity contribution in [2.24, 2.45) is 0 Å². The standard InChI is InChI=1S/C10H21N/c1-4-6-7-8-9-11-10(3)5-2/h5,11H,4,6-9H2,1-3H3/b10-5+. The molecule has 0 aliphatic rings. The Hall–Kier alpha value is -0.460. The molecule has 1 N–H and O–H groups in total. The van der Waals surface area contributed by atoms with Crippen LogP contribution in [0.15, 0.2) is 11.8 Å². The third-order valence-corrected chi connectivity index (χ3v) is 1.87. The number of hydrogen-bond donors (Lipinski definition) is 1. The van der Waals surface area contributed by atoms with Gasteiger partial charge in [0, 0.05) is 12.2 Å². The fourth-order valence-corrected chi connectivity index (χ4v) is 0.939. The molecule has 0 amide bonds. The van der Waals surface area contributed by atoms with E-state index in [1.165, 1.54) is 31.4 Å². The Morgan fingerprint density at radius 3 is 2.55 bits per heavy atom. The average Bonchev–Trinajstić information content (AvgIpc) is 2.04. The molecule has 0 atom stereocenters. The molecule has 0 aromatic carbocycles. The molecule has 1 nitrogen and oxygen atoms in total. The summed E-state index contributed by atoms with van der Waals surface area (Å²) in [5, 5.41) is 3.35. The molecule has 0 bridgehead atoms. The largest absolute Gasteiger partial charge is 0.389 e. The van der Waals surface area contributed by atoms with Gasteiger partial charge in [-0.15, -0.1) is 0 Å². The van der Waals surface area contributed by atoms with Crippen LogP contribution in [-0.4, -0.2) is 6.54 Å². The van der Waals surface area contributed by atoms with Crippen LogP contribution in [0.4, 0.5) is 0 Å². The zero-order valence-corrected chi connectivity index (χ0v) is 8.11. The lowest BCUT2D eigenvalue weighted by atomic mass is 10.2. The molecule has 0 rings (SSSR count). The van der Waals surface area contributed by atoms with Crippen molar-refractivity contribution in [2.45, 2.75) is 46.5 Å². The molecule has 0 fully saturated rings. The lowest BCUT2D eigenvalue weighted by Gasteiger charge is -2.04. The minimum atomic E-state index is 1.14. The molecule has 0 aliphatic carbocycles. The van der Waals surface area contributed by atoms with Gasteiger partial charge in [-0.05, 0) is 20.3 Å². The Bertz CT molecular complexity index is 105. The third-order valence-electron chi connectivity index (χ3n) is 1.87. The maximum atomic E-state index is 3.35. The van der Waals surface area contributed by atoms with Crippen LogP contribution in [0, 0.1) is 0 Å². The van der Waals surface area contributed by atoms with Crippen molar-refractivity contribution in [3.63, 3.8) is 0 Å². The quantitative estimate of drug-likeness (QED) is 0.581. The molecule has 11 heavy (non-hydrogen) atoms. The predicted octanol–water partition coefficient (Wildman–Crippen LogP) is 3.08. The van der Waals surface area contributed by atoms with E-state index in [-0.39, 0.29) is 0 Å². The molecule has 0 saturated carbocycles. The van der Waals surface area contributed by atoms with Gasteiger partial charge in [0.25, 0.3) is 0 Å². The van der Waals surface area contributed by atoms with Gasteiger partial charge in [-0.2, -0.15) is 0 Å². The minimum absolute atomic E-state index is 1.14. The van der Waals surface area contributed by atoms with Crippen LogP contribution in [0.5, 0.6) is 0 Å². The summed E-state index contributed by atoms with van der Waals surface area (Å²) in [6.07, 6.45) is 7.47. The number of unbranched alkanes of at least 4 members (excludes halogenated alkanes) is 3. The first-order valence-corrected chi connectivity index (χ1v) is 4.68. The fourth-order valence-electron chi connectivity index (χ4n) is 0.939. The number of rotatable bonds is 6. The van der Waals surface area contributed by atoms with E-state index >= 15 is 0 Å². The summed E-state index contributed by atoms with van der Waals surface area (Å²) in [6, 6.07) is 0. The smallest absolute Gasteiger partial charge is 0.0143 e. The molecule has 0 saturated heterocycles. The van der Waals surface area contributed by atoms with E-state index in [0.29, 0.717) is 0 Å². The highest BCUT2D eigenvalue weighted by Crippen LogP contribution is 1.97. The zero-order valence-electron chi connectivity index (χ0n) is 8.11. The third kappa shape index (κ3) is 7.44. The van der Waals surface area contributed by atoms with Crippen LogP contribution >= 0.6 is 0 Å². The van der Waals surface area contributed by atoms with E-state index in [2.05, 4.69) is 32.2 Å². The van der Waals surface area contributed by atoms with Crippen LogP contribution in [0.25, 0.3) is 0 Å². The normalized spacial score (nSPS) is 11.7. The highest BCUT2D eigenvalue weighted by atomic mass is 14.9. The highest BCUT2D eigenvalue weighted by molar-refractivity contribution is 4.91. The van der Waals surface area contributed by atoms with Gasteiger partial charge in [-0.1, -0.05) is 32.3 Å². The second-order valence-electron chi connectivity index (χ2n) is 2.96. The molecule has 0 spiro atoms. The number of allylic oxidation sites excluding steroid dienone is 2. The average molecular weight is 155 g/mol. The topological polar surface area (TPSA) is 12.0 Å². The van der Waals surface area contributed by atoms with E-state index in [1.807, 2.05) is 0 Å². The van der Waals surface area contributed by atoms with Gasteiger partial charge in [-0.3, -0.25) is 0 Å². The molecule has 0 heterocycles. The number of hydrogen-bond acceptors (Lipinski definition) is 1. The van der Waals surface area contributed by atoms with E-state index in [4.69, 9.17) is 0 Å². The SMILES string of the molecule is C/C=C(\C)NCCCCCC. The molecular weight excluding hydrogens is 134 g/mol. The molecule has 1 heteroatoms.